The molecule has 0 saturated heterocycles. The van der Waals surface area contributed by atoms with Crippen LogP contribution >= 0.6 is 0 Å². The largest absolute Gasteiger partial charge is 0.383 e. The summed E-state index contributed by atoms with van der Waals surface area (Å²) in [6.07, 6.45) is 1.32. The van der Waals surface area contributed by atoms with E-state index < -0.39 is 21.3 Å². The van der Waals surface area contributed by atoms with Gasteiger partial charge in [-0.05, 0) is 24.6 Å². The van der Waals surface area contributed by atoms with Crippen LogP contribution in [-0.2, 0) is 14.9 Å². The molecule has 7 nitrogen and oxygen atoms in total. The Morgan fingerprint density at radius 1 is 1.58 bits per heavy atom. The molecule has 0 fully saturated rings. The van der Waals surface area contributed by atoms with Crippen LogP contribution in [0.25, 0.3) is 0 Å². The van der Waals surface area contributed by atoms with Gasteiger partial charge in [0.25, 0.3) is 16.0 Å². The maximum atomic E-state index is 11.7. The lowest BCUT2D eigenvalue weighted by Crippen LogP contribution is -2.27. The predicted molar refractivity (Wildman–Crippen MR) is 68.4 cm³/mol. The topological polar surface area (TPSA) is 106 Å². The Bertz CT molecular complexity index is 544. The van der Waals surface area contributed by atoms with Crippen LogP contribution in [0.1, 0.15) is 28.2 Å². The molecule has 1 atom stereocenters. The maximum absolute atomic E-state index is 11.7. The van der Waals surface area contributed by atoms with Crippen LogP contribution in [0, 0.1) is 0 Å². The predicted octanol–water partition coefficient (Wildman–Crippen LogP) is 0.407. The second-order valence-electron chi connectivity index (χ2n) is 3.88. The van der Waals surface area contributed by atoms with E-state index in [9.17, 15) is 13.2 Å². The lowest BCUT2D eigenvalue weighted by molar-refractivity contribution is 0.0932. The van der Waals surface area contributed by atoms with Crippen molar-refractivity contribution in [1.29, 1.82) is 0 Å². The highest BCUT2D eigenvalue weighted by Gasteiger charge is 2.20. The Balaban J connectivity index is 2.85. The molecule has 0 aliphatic carbocycles. The van der Waals surface area contributed by atoms with Gasteiger partial charge in [-0.1, -0.05) is 0 Å². The number of hydrogen-bond donors (Lipinski definition) is 2. The molecule has 1 aromatic heterocycles. The minimum absolute atomic E-state index is 0.0871. The van der Waals surface area contributed by atoms with Crippen molar-refractivity contribution in [2.24, 2.45) is 0 Å². The number of aromatic nitrogens is 1. The third-order valence-electron chi connectivity index (χ3n) is 2.52. The fourth-order valence-electron chi connectivity index (χ4n) is 1.35. The molecule has 1 heterocycles. The van der Waals surface area contributed by atoms with Gasteiger partial charge in [-0.2, -0.15) is 8.42 Å². The number of methoxy groups -OCH3 is 1. The molecule has 19 heavy (non-hydrogen) atoms. The van der Waals surface area contributed by atoms with E-state index in [0.717, 1.165) is 0 Å². The van der Waals surface area contributed by atoms with Crippen molar-refractivity contribution in [3.05, 3.63) is 29.6 Å². The summed E-state index contributed by atoms with van der Waals surface area (Å²) in [5.41, 5.74) is 0.387. The number of pyridine rings is 1. The van der Waals surface area contributed by atoms with Crippen molar-refractivity contribution in [1.82, 2.24) is 10.3 Å². The highest BCUT2D eigenvalue weighted by molar-refractivity contribution is 7.86. The first-order chi connectivity index (χ1) is 8.86. The fraction of sp³-hybridized carbons (Fsp3) is 0.455. The van der Waals surface area contributed by atoms with E-state index in [2.05, 4.69) is 10.3 Å². The summed E-state index contributed by atoms with van der Waals surface area (Å²) < 4.78 is 35.8. The van der Waals surface area contributed by atoms with E-state index >= 15 is 0 Å². The Morgan fingerprint density at radius 2 is 2.26 bits per heavy atom. The summed E-state index contributed by atoms with van der Waals surface area (Å²) in [5, 5.41) is 1.46. The summed E-state index contributed by atoms with van der Waals surface area (Å²) in [5.74, 6) is -0.429. The van der Waals surface area contributed by atoms with E-state index in [1.807, 2.05) is 0 Å². The molecule has 0 aliphatic heterocycles. The van der Waals surface area contributed by atoms with Gasteiger partial charge in [-0.15, -0.1) is 0 Å². The zero-order chi connectivity index (χ0) is 14.5. The van der Waals surface area contributed by atoms with Crippen molar-refractivity contribution < 1.29 is 22.5 Å². The standard InChI is InChI=1S/C11H16N2O5S/c1-8(19(15,16)17)9-3-4-12-10(7-9)11(14)13-5-6-18-2/h3-4,7-8H,5-6H2,1-2H3,(H,13,14)(H,15,16,17). The SMILES string of the molecule is COCCNC(=O)c1cc(C(C)S(=O)(=O)O)ccn1. The van der Waals surface area contributed by atoms with Gasteiger partial charge in [0.1, 0.15) is 10.9 Å². The van der Waals surface area contributed by atoms with Gasteiger partial charge in [-0.25, -0.2) is 0 Å². The van der Waals surface area contributed by atoms with Crippen LogP contribution < -0.4 is 5.32 Å². The summed E-state index contributed by atoms with van der Waals surface area (Å²) in [6.45, 7) is 2.03. The number of amides is 1. The molecule has 0 spiro atoms. The summed E-state index contributed by atoms with van der Waals surface area (Å²) in [4.78, 5) is 15.6. The van der Waals surface area contributed by atoms with Crippen molar-refractivity contribution >= 4 is 16.0 Å². The lowest BCUT2D eigenvalue weighted by atomic mass is 10.2. The fourth-order valence-corrected chi connectivity index (χ4v) is 1.84. The third-order valence-corrected chi connectivity index (χ3v) is 3.69. The van der Waals surface area contributed by atoms with Gasteiger partial charge in [0.2, 0.25) is 0 Å². The first-order valence-corrected chi connectivity index (χ1v) is 7.06. The quantitative estimate of drug-likeness (QED) is 0.580. The molecule has 0 bridgehead atoms. The number of hydrogen-bond acceptors (Lipinski definition) is 5. The van der Waals surface area contributed by atoms with Crippen molar-refractivity contribution in [3.8, 4) is 0 Å². The number of rotatable bonds is 6. The second-order valence-corrected chi connectivity index (χ2v) is 5.62. The van der Waals surface area contributed by atoms with E-state index in [4.69, 9.17) is 9.29 Å². The monoisotopic (exact) mass is 288 g/mol. The molecule has 1 aromatic rings. The Hall–Kier alpha value is -1.51. The smallest absolute Gasteiger partial charge is 0.271 e. The van der Waals surface area contributed by atoms with Crippen LogP contribution in [0.3, 0.4) is 0 Å². The van der Waals surface area contributed by atoms with E-state index in [0.29, 0.717) is 18.7 Å². The molecule has 1 rings (SSSR count). The Kier molecular flexibility index (Phi) is 5.40. The third kappa shape index (κ3) is 4.58. The zero-order valence-electron chi connectivity index (χ0n) is 10.7. The highest BCUT2D eigenvalue weighted by atomic mass is 32.2. The van der Waals surface area contributed by atoms with Gasteiger partial charge >= 0.3 is 0 Å². The first-order valence-electron chi connectivity index (χ1n) is 5.55. The van der Waals surface area contributed by atoms with Gasteiger partial charge in [-0.3, -0.25) is 14.3 Å². The first kappa shape index (κ1) is 15.5. The molecule has 1 unspecified atom stereocenters. The van der Waals surface area contributed by atoms with Crippen LogP contribution in [0.5, 0.6) is 0 Å². The van der Waals surface area contributed by atoms with Crippen LogP contribution in [0.2, 0.25) is 0 Å². The van der Waals surface area contributed by atoms with Gasteiger partial charge < -0.3 is 10.1 Å². The number of carbonyl (C=O) groups is 1. The molecule has 0 aliphatic rings. The van der Waals surface area contributed by atoms with Crippen molar-refractivity contribution in [2.45, 2.75) is 12.2 Å². The number of carbonyl (C=O) groups excluding carboxylic acids is 1. The van der Waals surface area contributed by atoms with Crippen LogP contribution in [0.15, 0.2) is 18.3 Å². The zero-order valence-corrected chi connectivity index (χ0v) is 11.5. The van der Waals surface area contributed by atoms with Crippen molar-refractivity contribution in [2.75, 3.05) is 20.3 Å². The average Bonchev–Trinajstić information content (AvgIpc) is 2.37. The second kappa shape index (κ2) is 6.60. The molecule has 1 amide bonds. The van der Waals surface area contributed by atoms with E-state index in [-0.39, 0.29) is 5.69 Å². The lowest BCUT2D eigenvalue weighted by Gasteiger charge is -2.09. The van der Waals surface area contributed by atoms with Crippen LogP contribution in [0.4, 0.5) is 0 Å². The Morgan fingerprint density at radius 3 is 2.84 bits per heavy atom. The molecular weight excluding hydrogens is 272 g/mol. The summed E-state index contributed by atoms with van der Waals surface area (Å²) >= 11 is 0. The number of ether oxygens (including phenoxy) is 1. The molecular formula is C11H16N2O5S. The number of nitrogens with one attached hydrogen (secondary N) is 1. The highest BCUT2D eigenvalue weighted by Crippen LogP contribution is 2.20. The van der Waals surface area contributed by atoms with E-state index in [1.165, 1.54) is 32.4 Å². The van der Waals surface area contributed by atoms with Crippen molar-refractivity contribution in [3.63, 3.8) is 0 Å². The minimum atomic E-state index is -4.20. The molecule has 2 N–H and O–H groups in total. The van der Waals surface area contributed by atoms with Crippen LogP contribution in [-0.4, -0.2) is 44.1 Å². The molecule has 0 saturated carbocycles. The average molecular weight is 288 g/mol. The maximum Gasteiger partial charge on any atom is 0.271 e. The molecule has 8 heteroatoms. The van der Waals surface area contributed by atoms with Gasteiger partial charge in [0.05, 0.1) is 6.61 Å². The summed E-state index contributed by atoms with van der Waals surface area (Å²) in [6, 6.07) is 2.77. The normalized spacial score (nSPS) is 13.0. The van der Waals surface area contributed by atoms with E-state index in [1.54, 1.807) is 0 Å². The molecule has 0 radical (unpaired) electrons. The van der Waals surface area contributed by atoms with Gasteiger partial charge in [0.15, 0.2) is 0 Å². The minimum Gasteiger partial charge on any atom is -0.383 e. The molecule has 106 valence electrons. The Labute approximate surface area is 111 Å². The summed E-state index contributed by atoms with van der Waals surface area (Å²) in [7, 11) is -2.69. The van der Waals surface area contributed by atoms with Gasteiger partial charge in [0, 0.05) is 19.9 Å². The number of nitrogens with zero attached hydrogens (tertiary/aromatic N) is 1. The molecule has 0 aromatic carbocycles.